The van der Waals surface area contributed by atoms with Crippen LogP contribution in [0.25, 0.3) is 16.7 Å². The number of nitrogens with one attached hydrogen (secondary N) is 1. The number of rotatable bonds is 5. The summed E-state index contributed by atoms with van der Waals surface area (Å²) < 4.78 is 6.85. The molecule has 1 amide bonds. The number of aromatic amines is 1. The van der Waals surface area contributed by atoms with Gasteiger partial charge in [0.2, 0.25) is 17.5 Å². The molecule has 0 bridgehead atoms. The zero-order valence-corrected chi connectivity index (χ0v) is 20.8. The van der Waals surface area contributed by atoms with Gasteiger partial charge in [-0.25, -0.2) is 4.63 Å². The number of aryl methyl sites for hydroxylation is 1. The van der Waals surface area contributed by atoms with Crippen LogP contribution in [0.4, 0.5) is 17.2 Å². The van der Waals surface area contributed by atoms with Gasteiger partial charge in [0.15, 0.2) is 11.4 Å². The highest BCUT2D eigenvalue weighted by Gasteiger charge is 2.27. The molecule has 0 unspecified atom stereocenters. The number of aromatic nitrogens is 6. The lowest BCUT2D eigenvalue weighted by atomic mass is 10.0. The Morgan fingerprint density at radius 2 is 2.11 bits per heavy atom. The monoisotopic (exact) mass is 562 g/mol. The van der Waals surface area contributed by atoms with Crippen molar-refractivity contribution in [1.82, 2.24) is 30.3 Å². The van der Waals surface area contributed by atoms with Gasteiger partial charge in [-0.05, 0) is 53.0 Å². The van der Waals surface area contributed by atoms with E-state index in [-0.39, 0.29) is 35.4 Å². The molecule has 1 aliphatic heterocycles. The lowest BCUT2D eigenvalue weighted by Crippen LogP contribution is -2.30. The summed E-state index contributed by atoms with van der Waals surface area (Å²) in [6.45, 7) is 1.04. The highest BCUT2D eigenvalue weighted by atomic mass is 79.9. The molecule has 6 rings (SSSR count). The summed E-state index contributed by atoms with van der Waals surface area (Å²) >= 11 is 3.40. The summed E-state index contributed by atoms with van der Waals surface area (Å²) in [5.74, 6) is -0.840. The minimum Gasteiger partial charge on any atom is -0.493 e. The third-order valence-corrected chi connectivity index (χ3v) is 6.66. The molecule has 13 nitrogen and oxygen atoms in total. The van der Waals surface area contributed by atoms with Crippen LogP contribution in [-0.4, -0.2) is 47.8 Å². The second-order valence-corrected chi connectivity index (χ2v) is 9.36. The second kappa shape index (κ2) is 9.13. The molecule has 0 atom stereocenters. The summed E-state index contributed by atoms with van der Waals surface area (Å²) in [5, 5.41) is 34.4. The van der Waals surface area contributed by atoms with Gasteiger partial charge < -0.3 is 20.7 Å². The average molecular weight is 563 g/mol. The number of hydrogen-bond donors (Lipinski definition) is 3. The predicted octanol–water partition coefficient (Wildman–Crippen LogP) is 4.06. The summed E-state index contributed by atoms with van der Waals surface area (Å²) in [6, 6.07) is 13.5. The number of hydrogen-bond acceptors (Lipinski definition) is 10. The minimum atomic E-state index is -0.745. The highest BCUT2D eigenvalue weighted by molar-refractivity contribution is 9.10. The van der Waals surface area contributed by atoms with Gasteiger partial charge >= 0.3 is 5.91 Å². The van der Waals surface area contributed by atoms with Gasteiger partial charge in [-0.15, -0.1) is 15.3 Å². The quantitative estimate of drug-likeness (QED) is 0.266. The van der Waals surface area contributed by atoms with E-state index in [2.05, 4.69) is 62.7 Å². The predicted molar refractivity (Wildman–Crippen MR) is 136 cm³/mol. The van der Waals surface area contributed by atoms with Crippen LogP contribution in [0.15, 0.2) is 61.8 Å². The summed E-state index contributed by atoms with van der Waals surface area (Å²) in [6.07, 6.45) is 1.92. The SMILES string of the molecule is Nc1nonc1-n1nnc(C(=O)N=Nc2c(O)[nH]c3ccc(Br)cc23)c1CN1CCCc2ccccc21. The molecule has 2 aromatic carbocycles. The fourth-order valence-electron chi connectivity index (χ4n) is 4.45. The number of aromatic hydroxyl groups is 1. The van der Waals surface area contributed by atoms with Crippen molar-refractivity contribution in [3.8, 4) is 11.7 Å². The standard InChI is InChI=1S/C23H19BrN10O3/c24-13-7-8-15-14(10-13)18(22(35)26-15)27-29-23(36)19-17(34(32-28-19)21-20(25)30-37-31-21)11-33-9-3-5-12-4-1-2-6-16(12)33/h1-2,4,6-8,10,26,35H,3,5,9,11H2,(H2,25,30). The lowest BCUT2D eigenvalue weighted by Gasteiger charge is -2.31. The van der Waals surface area contributed by atoms with Crippen LogP contribution < -0.4 is 10.6 Å². The van der Waals surface area contributed by atoms with E-state index < -0.39 is 5.91 Å². The molecule has 0 aliphatic carbocycles. The van der Waals surface area contributed by atoms with E-state index in [1.807, 2.05) is 24.3 Å². The number of carbonyl (C=O) groups is 1. The average Bonchev–Trinajstić information content (AvgIpc) is 3.59. The molecule has 4 heterocycles. The first-order valence-corrected chi connectivity index (χ1v) is 12.1. The first kappa shape index (κ1) is 22.8. The Labute approximate surface area is 217 Å². The van der Waals surface area contributed by atoms with Crippen molar-refractivity contribution in [1.29, 1.82) is 0 Å². The summed E-state index contributed by atoms with van der Waals surface area (Å²) in [5.41, 5.74) is 9.32. The van der Waals surface area contributed by atoms with Crippen LogP contribution in [0.5, 0.6) is 5.88 Å². The van der Waals surface area contributed by atoms with Gasteiger partial charge in [0.25, 0.3) is 0 Å². The molecule has 186 valence electrons. The smallest absolute Gasteiger partial charge is 0.317 e. The van der Waals surface area contributed by atoms with E-state index in [0.29, 0.717) is 16.6 Å². The third-order valence-electron chi connectivity index (χ3n) is 6.16. The Balaban J connectivity index is 1.39. The fraction of sp³-hybridized carbons (Fsp3) is 0.174. The van der Waals surface area contributed by atoms with Gasteiger partial charge in [0.05, 0.1) is 17.8 Å². The number of para-hydroxylation sites is 1. The van der Waals surface area contributed by atoms with Gasteiger partial charge in [-0.2, -0.15) is 4.68 Å². The van der Waals surface area contributed by atoms with Crippen LogP contribution in [0.1, 0.15) is 28.2 Å². The lowest BCUT2D eigenvalue weighted by molar-refractivity contribution is 0.0989. The molecule has 4 N–H and O–H groups in total. The molecule has 0 radical (unpaired) electrons. The molecular formula is C23H19BrN10O3. The number of fused-ring (bicyclic) bond motifs is 2. The van der Waals surface area contributed by atoms with Crippen LogP contribution in [0.3, 0.4) is 0 Å². The van der Waals surface area contributed by atoms with Crippen LogP contribution in [0, 0.1) is 0 Å². The maximum atomic E-state index is 13.2. The molecule has 0 saturated heterocycles. The number of carbonyl (C=O) groups excluding carboxylic acids is 1. The maximum Gasteiger partial charge on any atom is 0.317 e. The molecule has 3 aromatic heterocycles. The Kier molecular flexibility index (Phi) is 5.64. The number of halogens is 1. The van der Waals surface area contributed by atoms with Crippen molar-refractivity contribution in [2.75, 3.05) is 17.2 Å². The highest BCUT2D eigenvalue weighted by Crippen LogP contribution is 2.37. The minimum absolute atomic E-state index is 0.000103. The molecule has 1 aliphatic rings. The normalized spacial score (nSPS) is 13.5. The van der Waals surface area contributed by atoms with Crippen molar-refractivity contribution in [2.24, 2.45) is 10.2 Å². The molecule has 0 fully saturated rings. The van der Waals surface area contributed by atoms with Crippen molar-refractivity contribution >= 4 is 49.9 Å². The van der Waals surface area contributed by atoms with Gasteiger partial charge in [0, 0.05) is 22.1 Å². The first-order chi connectivity index (χ1) is 18.0. The number of azo groups is 1. The number of benzene rings is 2. The summed E-state index contributed by atoms with van der Waals surface area (Å²) in [4.78, 5) is 18.2. The van der Waals surface area contributed by atoms with Crippen LogP contribution >= 0.6 is 15.9 Å². The number of nitrogen functional groups attached to an aromatic ring is 1. The van der Waals surface area contributed by atoms with Crippen LogP contribution in [-0.2, 0) is 13.0 Å². The number of amides is 1. The van der Waals surface area contributed by atoms with Crippen LogP contribution in [0.2, 0.25) is 0 Å². The number of nitrogens with two attached hydrogens (primary N) is 1. The Morgan fingerprint density at radius 3 is 2.95 bits per heavy atom. The molecule has 0 spiro atoms. The van der Waals surface area contributed by atoms with Crippen molar-refractivity contribution < 1.29 is 14.5 Å². The van der Waals surface area contributed by atoms with Crippen molar-refractivity contribution in [3.63, 3.8) is 0 Å². The molecule has 0 saturated carbocycles. The van der Waals surface area contributed by atoms with Gasteiger partial charge in [-0.1, -0.05) is 39.3 Å². The van der Waals surface area contributed by atoms with E-state index >= 15 is 0 Å². The van der Waals surface area contributed by atoms with Gasteiger partial charge in [0.1, 0.15) is 0 Å². The molecular weight excluding hydrogens is 544 g/mol. The van der Waals surface area contributed by atoms with E-state index in [1.54, 1.807) is 12.1 Å². The van der Waals surface area contributed by atoms with Gasteiger partial charge in [-0.3, -0.25) is 4.79 Å². The fourth-order valence-corrected chi connectivity index (χ4v) is 4.81. The Hall–Kier alpha value is -4.59. The first-order valence-electron chi connectivity index (χ1n) is 11.3. The maximum absolute atomic E-state index is 13.2. The molecule has 37 heavy (non-hydrogen) atoms. The van der Waals surface area contributed by atoms with E-state index in [4.69, 9.17) is 10.4 Å². The second-order valence-electron chi connectivity index (χ2n) is 8.44. The zero-order chi connectivity index (χ0) is 25.5. The van der Waals surface area contributed by atoms with E-state index in [9.17, 15) is 9.90 Å². The largest absolute Gasteiger partial charge is 0.493 e. The number of nitrogens with zero attached hydrogens (tertiary/aromatic N) is 8. The van der Waals surface area contributed by atoms with E-state index in [0.717, 1.165) is 29.5 Å². The van der Waals surface area contributed by atoms with Crippen molar-refractivity contribution in [2.45, 2.75) is 19.4 Å². The summed E-state index contributed by atoms with van der Waals surface area (Å²) in [7, 11) is 0. The topological polar surface area (TPSA) is 177 Å². The Morgan fingerprint density at radius 1 is 1.24 bits per heavy atom. The molecule has 14 heteroatoms. The van der Waals surface area contributed by atoms with Crippen molar-refractivity contribution in [3.05, 3.63) is 63.9 Å². The zero-order valence-electron chi connectivity index (χ0n) is 19.2. The molecule has 5 aromatic rings. The number of anilines is 2. The third kappa shape index (κ3) is 4.10. The number of H-pyrrole nitrogens is 1. The Bertz CT molecular complexity index is 1670. The van der Waals surface area contributed by atoms with E-state index in [1.165, 1.54) is 10.2 Å².